The Morgan fingerprint density at radius 2 is 2.14 bits per heavy atom. The summed E-state index contributed by atoms with van der Waals surface area (Å²) in [7, 11) is 1.85. The first-order valence-corrected chi connectivity index (χ1v) is 7.92. The van der Waals surface area contributed by atoms with Crippen LogP contribution in [0.15, 0.2) is 22.7 Å². The van der Waals surface area contributed by atoms with E-state index in [1.807, 2.05) is 29.8 Å². The van der Waals surface area contributed by atoms with E-state index in [1.165, 1.54) is 6.07 Å². The van der Waals surface area contributed by atoms with E-state index in [0.717, 1.165) is 30.7 Å². The molecule has 1 fully saturated rings. The van der Waals surface area contributed by atoms with Crippen molar-refractivity contribution in [3.05, 3.63) is 34.1 Å². The fourth-order valence-corrected chi connectivity index (χ4v) is 2.78. The van der Waals surface area contributed by atoms with Crippen LogP contribution in [-0.2, 0) is 4.79 Å². The minimum absolute atomic E-state index is 0.100. The number of rotatable bonds is 4. The molecule has 0 saturated carbocycles. The van der Waals surface area contributed by atoms with Gasteiger partial charge in [-0.1, -0.05) is 22.0 Å². The molecule has 6 heteroatoms. The van der Waals surface area contributed by atoms with Gasteiger partial charge in [0.1, 0.15) is 5.82 Å². The Morgan fingerprint density at radius 1 is 1.48 bits per heavy atom. The second-order valence-corrected chi connectivity index (χ2v) is 6.30. The molecule has 4 nitrogen and oxygen atoms in total. The molecule has 21 heavy (non-hydrogen) atoms. The maximum absolute atomic E-state index is 14.0. The lowest BCUT2D eigenvalue weighted by Crippen LogP contribution is -2.49. The van der Waals surface area contributed by atoms with Gasteiger partial charge < -0.3 is 10.2 Å². The molecule has 1 saturated heterocycles. The average molecular weight is 358 g/mol. The van der Waals surface area contributed by atoms with Crippen LogP contribution in [0.5, 0.6) is 0 Å². The predicted octanol–water partition coefficient (Wildman–Crippen LogP) is 2.01. The Kier molecular flexibility index (Phi) is 5.72. The maximum atomic E-state index is 14.0. The molecule has 0 aliphatic carbocycles. The first-order valence-electron chi connectivity index (χ1n) is 7.12. The predicted molar refractivity (Wildman–Crippen MR) is 84.6 cm³/mol. The van der Waals surface area contributed by atoms with E-state index in [4.69, 9.17) is 0 Å². The maximum Gasteiger partial charge on any atom is 0.236 e. The highest BCUT2D eigenvalue weighted by molar-refractivity contribution is 9.10. The molecular weight excluding hydrogens is 337 g/mol. The number of hydrogen-bond donors (Lipinski definition) is 1. The van der Waals surface area contributed by atoms with Crippen molar-refractivity contribution < 1.29 is 9.18 Å². The summed E-state index contributed by atoms with van der Waals surface area (Å²) in [6.07, 6.45) is 0. The van der Waals surface area contributed by atoms with Crippen LogP contribution < -0.4 is 5.32 Å². The first kappa shape index (κ1) is 16.4. The Balaban J connectivity index is 1.98. The van der Waals surface area contributed by atoms with Crippen LogP contribution >= 0.6 is 15.9 Å². The summed E-state index contributed by atoms with van der Waals surface area (Å²) in [6.45, 7) is 5.38. The zero-order valence-corrected chi connectivity index (χ0v) is 14.0. The van der Waals surface area contributed by atoms with Gasteiger partial charge in [0.15, 0.2) is 0 Å². The summed E-state index contributed by atoms with van der Waals surface area (Å²) >= 11 is 3.25. The van der Waals surface area contributed by atoms with Gasteiger partial charge in [-0.3, -0.25) is 9.69 Å². The molecule has 1 unspecified atom stereocenters. The second-order valence-electron chi connectivity index (χ2n) is 5.39. The number of carbonyl (C=O) groups excluding carboxylic acids is 1. The Bertz CT molecular complexity index is 506. The Labute approximate surface area is 133 Å². The van der Waals surface area contributed by atoms with Gasteiger partial charge in [0.2, 0.25) is 5.91 Å². The first-order chi connectivity index (χ1) is 9.99. The Hall–Kier alpha value is -0.980. The number of nitrogens with zero attached hydrogens (tertiary/aromatic N) is 2. The molecule has 1 aliphatic rings. The molecule has 0 bridgehead atoms. The van der Waals surface area contributed by atoms with E-state index in [0.29, 0.717) is 12.1 Å². The molecule has 2 rings (SSSR count). The lowest BCUT2D eigenvalue weighted by atomic mass is 10.1. The molecule has 116 valence electrons. The van der Waals surface area contributed by atoms with E-state index in [2.05, 4.69) is 21.2 Å². The summed E-state index contributed by atoms with van der Waals surface area (Å²) in [4.78, 5) is 16.0. The van der Waals surface area contributed by atoms with Crippen LogP contribution in [0.2, 0.25) is 0 Å². The van der Waals surface area contributed by atoms with Crippen molar-refractivity contribution >= 4 is 21.8 Å². The van der Waals surface area contributed by atoms with Crippen LogP contribution in [0.1, 0.15) is 18.5 Å². The number of benzene rings is 1. The van der Waals surface area contributed by atoms with Crippen molar-refractivity contribution in [2.45, 2.75) is 13.0 Å². The van der Waals surface area contributed by atoms with Crippen molar-refractivity contribution in [3.63, 3.8) is 0 Å². The van der Waals surface area contributed by atoms with Gasteiger partial charge in [-0.05, 0) is 26.1 Å². The van der Waals surface area contributed by atoms with Crippen LogP contribution in [0, 0.1) is 5.82 Å². The zero-order valence-electron chi connectivity index (χ0n) is 12.4. The summed E-state index contributed by atoms with van der Waals surface area (Å²) < 4.78 is 14.7. The van der Waals surface area contributed by atoms with E-state index in [1.54, 1.807) is 6.07 Å². The smallest absolute Gasteiger partial charge is 0.236 e. The van der Waals surface area contributed by atoms with Crippen molar-refractivity contribution in [1.82, 2.24) is 15.1 Å². The van der Waals surface area contributed by atoms with Crippen molar-refractivity contribution in [2.24, 2.45) is 0 Å². The van der Waals surface area contributed by atoms with Crippen molar-refractivity contribution in [2.75, 3.05) is 39.8 Å². The third-order valence-corrected chi connectivity index (χ3v) is 4.42. The molecule has 0 spiro atoms. The topological polar surface area (TPSA) is 35.6 Å². The normalized spacial score (nSPS) is 17.1. The molecule has 0 aromatic heterocycles. The average Bonchev–Trinajstić information content (AvgIpc) is 2.47. The molecule has 1 heterocycles. The fraction of sp³-hybridized carbons (Fsp3) is 0.533. The third kappa shape index (κ3) is 4.25. The van der Waals surface area contributed by atoms with Crippen LogP contribution in [0.4, 0.5) is 4.39 Å². The lowest BCUT2D eigenvalue weighted by molar-refractivity contribution is -0.133. The van der Waals surface area contributed by atoms with Gasteiger partial charge in [-0.15, -0.1) is 0 Å². The SMILES string of the molecule is CC(c1ccc(Br)cc1F)N(C)CC(=O)N1CCNCC1. The van der Waals surface area contributed by atoms with Gasteiger partial charge >= 0.3 is 0 Å². The Morgan fingerprint density at radius 3 is 2.76 bits per heavy atom. The highest BCUT2D eigenvalue weighted by atomic mass is 79.9. The number of halogens is 2. The number of hydrogen-bond acceptors (Lipinski definition) is 3. The van der Waals surface area contributed by atoms with Gasteiger partial charge in [0.05, 0.1) is 6.54 Å². The number of amides is 1. The van der Waals surface area contributed by atoms with Gasteiger partial charge in [0, 0.05) is 42.3 Å². The highest BCUT2D eigenvalue weighted by Crippen LogP contribution is 2.24. The molecule has 1 aliphatic heterocycles. The molecule has 0 radical (unpaired) electrons. The van der Waals surface area contributed by atoms with E-state index >= 15 is 0 Å². The summed E-state index contributed by atoms with van der Waals surface area (Å²) in [5, 5.41) is 3.22. The minimum Gasteiger partial charge on any atom is -0.339 e. The minimum atomic E-state index is -0.252. The van der Waals surface area contributed by atoms with Gasteiger partial charge in [-0.25, -0.2) is 4.39 Å². The van der Waals surface area contributed by atoms with E-state index in [-0.39, 0.29) is 17.8 Å². The van der Waals surface area contributed by atoms with Crippen LogP contribution in [0.25, 0.3) is 0 Å². The number of carbonyl (C=O) groups is 1. The molecule has 1 amide bonds. The molecule has 1 aromatic rings. The monoisotopic (exact) mass is 357 g/mol. The van der Waals surface area contributed by atoms with E-state index < -0.39 is 0 Å². The largest absolute Gasteiger partial charge is 0.339 e. The molecule has 1 N–H and O–H groups in total. The van der Waals surface area contributed by atoms with Crippen molar-refractivity contribution in [1.29, 1.82) is 0 Å². The van der Waals surface area contributed by atoms with Gasteiger partial charge in [0.25, 0.3) is 0 Å². The van der Waals surface area contributed by atoms with Crippen LogP contribution in [-0.4, -0.2) is 55.5 Å². The lowest BCUT2D eigenvalue weighted by Gasteiger charge is -2.31. The van der Waals surface area contributed by atoms with Crippen molar-refractivity contribution in [3.8, 4) is 0 Å². The zero-order chi connectivity index (χ0) is 15.4. The third-order valence-electron chi connectivity index (χ3n) is 3.93. The highest BCUT2D eigenvalue weighted by Gasteiger charge is 2.22. The number of nitrogens with one attached hydrogen (secondary N) is 1. The standard InChI is InChI=1S/C15H21BrFN3O/c1-11(13-4-3-12(16)9-14(13)17)19(2)10-15(21)20-7-5-18-6-8-20/h3-4,9,11,18H,5-8,10H2,1-2H3. The molecule has 1 aromatic carbocycles. The number of likely N-dealkylation sites (N-methyl/N-ethyl adjacent to an activating group) is 1. The molecular formula is C15H21BrFN3O. The number of piperazine rings is 1. The summed E-state index contributed by atoms with van der Waals surface area (Å²) in [5.41, 5.74) is 0.605. The second kappa shape index (κ2) is 7.33. The van der Waals surface area contributed by atoms with E-state index in [9.17, 15) is 9.18 Å². The summed E-state index contributed by atoms with van der Waals surface area (Å²) in [5.74, 6) is -0.151. The van der Waals surface area contributed by atoms with Crippen LogP contribution in [0.3, 0.4) is 0 Å². The quantitative estimate of drug-likeness (QED) is 0.895. The van der Waals surface area contributed by atoms with Gasteiger partial charge in [-0.2, -0.15) is 0 Å². The fourth-order valence-electron chi connectivity index (χ4n) is 2.44. The summed E-state index contributed by atoms with van der Waals surface area (Å²) in [6, 6.07) is 4.89. The molecule has 1 atom stereocenters.